The van der Waals surface area contributed by atoms with Crippen molar-refractivity contribution in [2.24, 2.45) is 5.92 Å². The monoisotopic (exact) mass is 372 g/mol. The van der Waals surface area contributed by atoms with Crippen molar-refractivity contribution >= 4 is 30.1 Å². The van der Waals surface area contributed by atoms with Gasteiger partial charge in [-0.1, -0.05) is 0 Å². The Morgan fingerprint density at radius 2 is 2.12 bits per heavy atom. The fourth-order valence-corrected chi connectivity index (χ4v) is 3.91. The van der Waals surface area contributed by atoms with Gasteiger partial charge in [0.1, 0.15) is 13.2 Å². The second-order valence-electron chi connectivity index (χ2n) is 5.96. The number of carbonyl (C=O) groups is 1. The Labute approximate surface area is 153 Å². The van der Waals surface area contributed by atoms with Crippen LogP contribution in [0.15, 0.2) is 23.1 Å². The van der Waals surface area contributed by atoms with Gasteiger partial charge < -0.3 is 19.7 Å². The summed E-state index contributed by atoms with van der Waals surface area (Å²) in [5.41, 5.74) is 0. The first-order valence-corrected chi connectivity index (χ1v) is 9.19. The summed E-state index contributed by atoms with van der Waals surface area (Å²) in [5.74, 6) is 3.29. The normalized spacial score (nSPS) is 19.0. The van der Waals surface area contributed by atoms with Gasteiger partial charge in [0.05, 0.1) is 0 Å². The van der Waals surface area contributed by atoms with Crippen LogP contribution in [0.5, 0.6) is 11.5 Å². The minimum Gasteiger partial charge on any atom is -0.486 e. The molecular weight excluding hydrogens is 348 g/mol. The zero-order valence-electron chi connectivity index (χ0n) is 14.0. The van der Waals surface area contributed by atoms with E-state index in [1.807, 2.05) is 30.1 Å². The van der Waals surface area contributed by atoms with Crippen LogP contribution in [0.3, 0.4) is 0 Å². The van der Waals surface area contributed by atoms with Crippen LogP contribution in [0.1, 0.15) is 12.8 Å². The fraction of sp³-hybridized carbons (Fsp3) is 0.588. The van der Waals surface area contributed by atoms with Crippen LogP contribution in [-0.2, 0) is 4.79 Å². The molecule has 2 heterocycles. The molecule has 0 radical (unpaired) electrons. The summed E-state index contributed by atoms with van der Waals surface area (Å²) < 4.78 is 11.1. The van der Waals surface area contributed by atoms with Crippen LogP contribution in [0.4, 0.5) is 0 Å². The van der Waals surface area contributed by atoms with E-state index in [1.54, 1.807) is 11.8 Å². The van der Waals surface area contributed by atoms with Gasteiger partial charge in [-0.15, -0.1) is 24.2 Å². The molecule has 1 N–H and O–H groups in total. The molecule has 1 atom stereocenters. The van der Waals surface area contributed by atoms with Crippen molar-refractivity contribution in [2.75, 3.05) is 45.6 Å². The average molecular weight is 373 g/mol. The van der Waals surface area contributed by atoms with Gasteiger partial charge in [0, 0.05) is 30.2 Å². The fourth-order valence-electron chi connectivity index (χ4n) is 3.04. The maximum Gasteiger partial charge on any atom is 0.223 e. The molecule has 1 unspecified atom stereocenters. The van der Waals surface area contributed by atoms with Crippen molar-refractivity contribution in [1.82, 2.24) is 10.2 Å². The van der Waals surface area contributed by atoms with Crippen molar-refractivity contribution in [1.29, 1.82) is 0 Å². The third-order valence-corrected chi connectivity index (χ3v) is 5.23. The number of thioether (sulfide) groups is 1. The number of carbonyl (C=O) groups excluding carboxylic acids is 1. The Bertz CT molecular complexity index is 559. The molecule has 5 nitrogen and oxygen atoms in total. The van der Waals surface area contributed by atoms with Gasteiger partial charge in [-0.05, 0) is 44.1 Å². The van der Waals surface area contributed by atoms with E-state index >= 15 is 0 Å². The quantitative estimate of drug-likeness (QED) is 0.777. The molecule has 1 aromatic carbocycles. The number of nitrogens with one attached hydrogen (secondary N) is 1. The Morgan fingerprint density at radius 3 is 2.92 bits per heavy atom. The first kappa shape index (κ1) is 19.2. The topological polar surface area (TPSA) is 50.8 Å². The number of hydrogen-bond donors (Lipinski definition) is 1. The molecule has 1 saturated heterocycles. The predicted octanol–water partition coefficient (Wildman–Crippen LogP) is 2.43. The highest BCUT2D eigenvalue weighted by molar-refractivity contribution is 7.99. The summed E-state index contributed by atoms with van der Waals surface area (Å²) >= 11 is 1.70. The highest BCUT2D eigenvalue weighted by atomic mass is 35.5. The van der Waals surface area contributed by atoms with Gasteiger partial charge >= 0.3 is 0 Å². The largest absolute Gasteiger partial charge is 0.486 e. The lowest BCUT2D eigenvalue weighted by atomic mass is 10.1. The molecular formula is C17H25ClN2O3S. The van der Waals surface area contributed by atoms with Crippen LogP contribution in [0.25, 0.3) is 0 Å². The van der Waals surface area contributed by atoms with E-state index in [0.29, 0.717) is 25.6 Å². The molecule has 3 rings (SSSR count). The molecule has 2 aliphatic rings. The van der Waals surface area contributed by atoms with E-state index in [1.165, 1.54) is 0 Å². The SMILES string of the molecule is CNCC1CCN(C(=O)CCSc2ccc3c(c2)OCCO3)C1.Cl. The van der Waals surface area contributed by atoms with Crippen LogP contribution in [0, 0.1) is 5.92 Å². The van der Waals surface area contributed by atoms with E-state index in [4.69, 9.17) is 9.47 Å². The summed E-state index contributed by atoms with van der Waals surface area (Å²) in [4.78, 5) is 15.4. The van der Waals surface area contributed by atoms with Gasteiger partial charge in [0.15, 0.2) is 11.5 Å². The molecule has 1 fully saturated rings. The standard InChI is InChI=1S/C17H24N2O3S.ClH/c1-18-11-13-4-6-19(12-13)17(20)5-9-23-14-2-3-15-16(10-14)22-8-7-21-15;/h2-3,10,13,18H,4-9,11-12H2,1H3;1H. The summed E-state index contributed by atoms with van der Waals surface area (Å²) in [6.45, 7) is 4.00. The second kappa shape index (κ2) is 9.39. The molecule has 1 aromatic rings. The first-order valence-electron chi connectivity index (χ1n) is 8.21. The zero-order chi connectivity index (χ0) is 16.1. The smallest absolute Gasteiger partial charge is 0.223 e. The van der Waals surface area contributed by atoms with E-state index in [-0.39, 0.29) is 18.3 Å². The predicted molar refractivity (Wildman–Crippen MR) is 98.6 cm³/mol. The molecule has 0 bridgehead atoms. The molecule has 24 heavy (non-hydrogen) atoms. The van der Waals surface area contributed by atoms with Crippen molar-refractivity contribution in [3.63, 3.8) is 0 Å². The van der Waals surface area contributed by atoms with Gasteiger partial charge in [-0.2, -0.15) is 0 Å². The number of rotatable bonds is 6. The van der Waals surface area contributed by atoms with Crippen molar-refractivity contribution < 1.29 is 14.3 Å². The van der Waals surface area contributed by atoms with E-state index < -0.39 is 0 Å². The lowest BCUT2D eigenvalue weighted by Crippen LogP contribution is -2.30. The number of nitrogens with zero attached hydrogens (tertiary/aromatic N) is 1. The van der Waals surface area contributed by atoms with E-state index in [9.17, 15) is 4.79 Å². The minimum absolute atomic E-state index is 0. The summed E-state index contributed by atoms with van der Waals surface area (Å²) in [6.07, 6.45) is 1.70. The first-order chi connectivity index (χ1) is 11.3. The number of likely N-dealkylation sites (tertiary alicyclic amines) is 1. The Morgan fingerprint density at radius 1 is 1.33 bits per heavy atom. The van der Waals surface area contributed by atoms with Crippen LogP contribution in [0.2, 0.25) is 0 Å². The molecule has 0 aromatic heterocycles. The lowest BCUT2D eigenvalue weighted by Gasteiger charge is -2.19. The molecule has 2 aliphatic heterocycles. The number of ether oxygens (including phenoxy) is 2. The van der Waals surface area contributed by atoms with Crippen LogP contribution in [-0.4, -0.2) is 56.5 Å². The lowest BCUT2D eigenvalue weighted by molar-refractivity contribution is -0.129. The third-order valence-electron chi connectivity index (χ3n) is 4.23. The van der Waals surface area contributed by atoms with Gasteiger partial charge in [-0.25, -0.2) is 0 Å². The highest BCUT2D eigenvalue weighted by Gasteiger charge is 2.25. The van der Waals surface area contributed by atoms with Crippen molar-refractivity contribution in [2.45, 2.75) is 17.7 Å². The summed E-state index contributed by atoms with van der Waals surface area (Å²) in [6, 6.07) is 5.98. The maximum absolute atomic E-state index is 12.3. The Hall–Kier alpha value is -1.11. The van der Waals surface area contributed by atoms with E-state index in [2.05, 4.69) is 5.32 Å². The molecule has 0 aliphatic carbocycles. The Kier molecular flexibility index (Phi) is 7.52. The number of halogens is 1. The third kappa shape index (κ3) is 4.94. The summed E-state index contributed by atoms with van der Waals surface area (Å²) in [5, 5.41) is 3.19. The van der Waals surface area contributed by atoms with Crippen LogP contribution >= 0.6 is 24.2 Å². The van der Waals surface area contributed by atoms with Gasteiger partial charge in [-0.3, -0.25) is 4.79 Å². The van der Waals surface area contributed by atoms with Gasteiger partial charge in [0.25, 0.3) is 0 Å². The number of amides is 1. The zero-order valence-corrected chi connectivity index (χ0v) is 15.6. The molecule has 134 valence electrons. The van der Waals surface area contributed by atoms with Gasteiger partial charge in [0.2, 0.25) is 5.91 Å². The number of fused-ring (bicyclic) bond motifs is 1. The average Bonchev–Trinajstić information content (AvgIpc) is 3.04. The molecule has 0 saturated carbocycles. The molecule has 1 amide bonds. The number of hydrogen-bond acceptors (Lipinski definition) is 5. The Balaban J connectivity index is 0.00000208. The maximum atomic E-state index is 12.3. The van der Waals surface area contributed by atoms with Crippen LogP contribution < -0.4 is 14.8 Å². The summed E-state index contributed by atoms with van der Waals surface area (Å²) in [7, 11) is 1.97. The number of benzene rings is 1. The van der Waals surface area contributed by atoms with E-state index in [0.717, 1.165) is 48.2 Å². The van der Waals surface area contributed by atoms with Crippen molar-refractivity contribution in [3.05, 3.63) is 18.2 Å². The second-order valence-corrected chi connectivity index (χ2v) is 7.12. The molecule has 0 spiro atoms. The van der Waals surface area contributed by atoms with Crippen molar-refractivity contribution in [3.8, 4) is 11.5 Å². The highest BCUT2D eigenvalue weighted by Crippen LogP contribution is 2.34. The minimum atomic E-state index is 0. The molecule has 7 heteroatoms.